The summed E-state index contributed by atoms with van der Waals surface area (Å²) in [5, 5.41) is 0. The smallest absolute Gasteiger partial charge is 0.270 e. The highest BCUT2D eigenvalue weighted by atomic mass is 16.5. The molecular weight excluding hydrogens is 347 g/mol. The van der Waals surface area contributed by atoms with E-state index in [0.29, 0.717) is 0 Å². The summed E-state index contributed by atoms with van der Waals surface area (Å²) in [6, 6.07) is 26.6. The maximum Gasteiger partial charge on any atom is 0.270 e. The van der Waals surface area contributed by atoms with Gasteiger partial charge in [0.15, 0.2) is 0 Å². The van der Waals surface area contributed by atoms with Crippen molar-refractivity contribution in [3.8, 4) is 45.6 Å². The fraction of sp³-hybridized carbons (Fsp3) is 0. The summed E-state index contributed by atoms with van der Waals surface area (Å²) in [6.07, 6.45) is 0. The third kappa shape index (κ3) is 1.75. The van der Waals surface area contributed by atoms with Crippen LogP contribution in [0.5, 0.6) is 34.5 Å². The van der Waals surface area contributed by atoms with Crippen LogP contribution in [-0.2, 0) is 0 Å². The molecule has 4 aromatic carbocycles. The predicted molar refractivity (Wildman–Crippen MR) is 110 cm³/mol. The first-order chi connectivity index (χ1) is 13.9. The molecule has 0 bridgehead atoms. The van der Waals surface area contributed by atoms with Gasteiger partial charge in [0.1, 0.15) is 34.5 Å². The van der Waals surface area contributed by atoms with Gasteiger partial charge >= 0.3 is 0 Å². The minimum absolute atomic E-state index is 0.0727. The van der Waals surface area contributed by atoms with Crippen LogP contribution in [0.2, 0.25) is 0 Å². The third-order valence-corrected chi connectivity index (χ3v) is 5.79. The van der Waals surface area contributed by atoms with Gasteiger partial charge < -0.3 is 14.2 Å². The summed E-state index contributed by atoms with van der Waals surface area (Å²) in [7, 11) is 0. The van der Waals surface area contributed by atoms with Crippen LogP contribution in [0.3, 0.4) is 0 Å². The molecule has 4 aromatic rings. The maximum absolute atomic E-state index is 6.35. The van der Waals surface area contributed by atoms with E-state index in [1.54, 1.807) is 0 Å². The summed E-state index contributed by atoms with van der Waals surface area (Å²) >= 11 is 0. The Morgan fingerprint density at radius 1 is 0.429 bits per heavy atom. The fourth-order valence-corrected chi connectivity index (χ4v) is 4.61. The Balaban J connectivity index is 1.56. The standard InChI is InChI=1S/C24H13BO3/c1-2-6-14(7-3-1)15-12-20-24-21(13-15)28-19-11-5-9-17-23(19)25(24)22-16(26-17)8-4-10-18(22)27-20/h1-13H. The van der Waals surface area contributed by atoms with Crippen LogP contribution >= 0.6 is 0 Å². The van der Waals surface area contributed by atoms with Crippen LogP contribution in [0.4, 0.5) is 0 Å². The molecule has 7 rings (SSSR count). The number of hydrogen-bond acceptors (Lipinski definition) is 3. The molecule has 0 fully saturated rings. The van der Waals surface area contributed by atoms with E-state index in [0.717, 1.165) is 62.0 Å². The number of rotatable bonds is 1. The molecule has 0 unspecified atom stereocenters. The average molecular weight is 360 g/mol. The van der Waals surface area contributed by atoms with Crippen LogP contribution in [-0.4, -0.2) is 6.71 Å². The van der Waals surface area contributed by atoms with Crippen LogP contribution in [0, 0.1) is 0 Å². The minimum atomic E-state index is 0.0727. The minimum Gasteiger partial charge on any atom is -0.458 e. The molecule has 0 saturated carbocycles. The number of hydrogen-bond donors (Lipinski definition) is 0. The van der Waals surface area contributed by atoms with Gasteiger partial charge in [-0.25, -0.2) is 0 Å². The summed E-state index contributed by atoms with van der Waals surface area (Å²) in [6.45, 7) is 0.0727. The van der Waals surface area contributed by atoms with Gasteiger partial charge in [-0.2, -0.15) is 0 Å². The summed E-state index contributed by atoms with van der Waals surface area (Å²) < 4.78 is 18.9. The molecule has 3 aliphatic rings. The van der Waals surface area contributed by atoms with Crippen LogP contribution < -0.4 is 30.6 Å². The molecule has 4 heteroatoms. The number of benzene rings is 4. The lowest BCUT2D eigenvalue weighted by molar-refractivity contribution is 0.443. The Morgan fingerprint density at radius 2 is 0.893 bits per heavy atom. The molecule has 3 aliphatic heterocycles. The average Bonchev–Trinajstić information content (AvgIpc) is 2.74. The van der Waals surface area contributed by atoms with Crippen molar-refractivity contribution in [2.75, 3.05) is 0 Å². The van der Waals surface area contributed by atoms with Gasteiger partial charge in [-0.05, 0) is 47.5 Å². The van der Waals surface area contributed by atoms with Crippen molar-refractivity contribution in [1.82, 2.24) is 0 Å². The quantitative estimate of drug-likeness (QED) is 0.411. The van der Waals surface area contributed by atoms with Gasteiger partial charge in [0.2, 0.25) is 0 Å². The molecule has 0 amide bonds. The van der Waals surface area contributed by atoms with Gasteiger partial charge in [0, 0.05) is 16.4 Å². The zero-order valence-electron chi connectivity index (χ0n) is 14.8. The third-order valence-electron chi connectivity index (χ3n) is 5.79. The van der Waals surface area contributed by atoms with Crippen LogP contribution in [0.1, 0.15) is 0 Å². The Bertz CT molecular complexity index is 1220. The zero-order valence-corrected chi connectivity index (χ0v) is 14.8. The normalized spacial score (nSPS) is 13.8. The summed E-state index contributed by atoms with van der Waals surface area (Å²) in [4.78, 5) is 0. The molecule has 0 radical (unpaired) electrons. The fourth-order valence-electron chi connectivity index (χ4n) is 4.61. The van der Waals surface area contributed by atoms with Crippen molar-refractivity contribution >= 4 is 23.1 Å². The molecule has 130 valence electrons. The molecule has 0 N–H and O–H groups in total. The molecule has 3 heterocycles. The first-order valence-corrected chi connectivity index (χ1v) is 9.39. The van der Waals surface area contributed by atoms with Crippen molar-refractivity contribution in [3.05, 3.63) is 78.9 Å². The van der Waals surface area contributed by atoms with Crippen molar-refractivity contribution < 1.29 is 14.2 Å². The highest BCUT2D eigenvalue weighted by Gasteiger charge is 2.46. The molecule has 28 heavy (non-hydrogen) atoms. The first kappa shape index (κ1) is 14.4. The highest BCUT2D eigenvalue weighted by molar-refractivity contribution is 6.99. The van der Waals surface area contributed by atoms with Gasteiger partial charge in [0.25, 0.3) is 6.71 Å². The van der Waals surface area contributed by atoms with Crippen molar-refractivity contribution in [3.63, 3.8) is 0 Å². The molecule has 0 spiro atoms. The first-order valence-electron chi connectivity index (χ1n) is 9.39. The van der Waals surface area contributed by atoms with Gasteiger partial charge in [-0.3, -0.25) is 0 Å². The van der Waals surface area contributed by atoms with Crippen molar-refractivity contribution in [2.45, 2.75) is 0 Å². The van der Waals surface area contributed by atoms with Gasteiger partial charge in [-0.15, -0.1) is 0 Å². The molecular formula is C24H13BO3. The van der Waals surface area contributed by atoms with E-state index < -0.39 is 0 Å². The van der Waals surface area contributed by atoms with E-state index in [1.165, 1.54) is 0 Å². The van der Waals surface area contributed by atoms with Crippen LogP contribution in [0.15, 0.2) is 78.9 Å². The Hall–Kier alpha value is -3.66. The molecule has 0 aromatic heterocycles. The predicted octanol–water partition coefficient (Wildman–Crippen LogP) is 4.19. The lowest BCUT2D eigenvalue weighted by Gasteiger charge is -2.37. The van der Waals surface area contributed by atoms with E-state index in [-0.39, 0.29) is 6.71 Å². The monoisotopic (exact) mass is 360 g/mol. The Kier molecular flexibility index (Phi) is 2.57. The Morgan fingerprint density at radius 3 is 1.43 bits per heavy atom. The molecule has 0 aliphatic carbocycles. The highest BCUT2D eigenvalue weighted by Crippen LogP contribution is 2.42. The Labute approximate surface area is 162 Å². The van der Waals surface area contributed by atoms with E-state index >= 15 is 0 Å². The van der Waals surface area contributed by atoms with Crippen molar-refractivity contribution in [2.24, 2.45) is 0 Å². The van der Waals surface area contributed by atoms with Crippen LogP contribution in [0.25, 0.3) is 11.1 Å². The van der Waals surface area contributed by atoms with Crippen molar-refractivity contribution in [1.29, 1.82) is 0 Å². The molecule has 3 nitrogen and oxygen atoms in total. The lowest BCUT2D eigenvalue weighted by atomic mass is 9.34. The summed E-state index contributed by atoms with van der Waals surface area (Å²) in [5.74, 6) is 5.14. The second-order valence-corrected chi connectivity index (χ2v) is 7.33. The topological polar surface area (TPSA) is 27.7 Å². The van der Waals surface area contributed by atoms with Gasteiger partial charge in [-0.1, -0.05) is 42.5 Å². The maximum atomic E-state index is 6.35. The van der Waals surface area contributed by atoms with E-state index in [4.69, 9.17) is 14.2 Å². The second-order valence-electron chi connectivity index (χ2n) is 7.33. The second kappa shape index (κ2) is 4.99. The van der Waals surface area contributed by atoms with E-state index in [1.807, 2.05) is 54.6 Å². The zero-order chi connectivity index (χ0) is 18.2. The molecule has 0 saturated heterocycles. The van der Waals surface area contributed by atoms with E-state index in [9.17, 15) is 0 Å². The SMILES string of the molecule is c1ccc(-c2cc3c4c(c2)Oc2cccc5c2B4c2c(cccc2O3)O5)cc1. The number of ether oxygens (including phenoxy) is 3. The van der Waals surface area contributed by atoms with Gasteiger partial charge in [0.05, 0.1) is 0 Å². The largest absolute Gasteiger partial charge is 0.458 e. The van der Waals surface area contributed by atoms with E-state index in [2.05, 4.69) is 24.3 Å². The summed E-state index contributed by atoms with van der Waals surface area (Å²) in [5.41, 5.74) is 5.49. The lowest BCUT2D eigenvalue weighted by Crippen LogP contribution is -2.59. The molecule has 0 atom stereocenters.